The van der Waals surface area contributed by atoms with E-state index in [1.54, 1.807) is 12.1 Å². The Bertz CT molecular complexity index is 1230. The van der Waals surface area contributed by atoms with Crippen molar-refractivity contribution in [1.82, 2.24) is 4.98 Å². The summed E-state index contributed by atoms with van der Waals surface area (Å²) in [6.07, 6.45) is -2.90. The van der Waals surface area contributed by atoms with Gasteiger partial charge in [-0.05, 0) is 41.7 Å². The average molecular weight is 501 g/mol. The molecule has 7 nitrogen and oxygen atoms in total. The summed E-state index contributed by atoms with van der Waals surface area (Å²) in [5.41, 5.74) is 5.07. The Morgan fingerprint density at radius 3 is 2.29 bits per heavy atom. The van der Waals surface area contributed by atoms with E-state index >= 15 is 0 Å². The lowest BCUT2D eigenvalue weighted by molar-refractivity contribution is -0.138. The number of carboxylic acids is 1. The highest BCUT2D eigenvalue weighted by Gasteiger charge is 2.28. The number of pyridine rings is 1. The van der Waals surface area contributed by atoms with Crippen molar-refractivity contribution in [1.29, 1.82) is 0 Å². The van der Waals surface area contributed by atoms with Crippen LogP contribution in [0, 0.1) is 12.7 Å². The molecule has 0 aliphatic rings. The SMILES string of the molecule is Cc1c(-c2ccccc2)nc(C(C)C)c(COP(=O)(O)C[C@@H](O)CC(=O)O)c1-c1ccc(F)cc1. The molecule has 0 amide bonds. The average Bonchev–Trinajstić information content (AvgIpc) is 2.78. The van der Waals surface area contributed by atoms with Gasteiger partial charge in [0.2, 0.25) is 0 Å². The molecule has 0 aliphatic carbocycles. The van der Waals surface area contributed by atoms with Crippen LogP contribution in [0.3, 0.4) is 0 Å². The van der Waals surface area contributed by atoms with Crippen LogP contribution in [0.15, 0.2) is 54.6 Å². The molecule has 1 unspecified atom stereocenters. The lowest BCUT2D eigenvalue weighted by Crippen LogP contribution is -2.18. The Morgan fingerprint density at radius 1 is 1.09 bits per heavy atom. The highest BCUT2D eigenvalue weighted by molar-refractivity contribution is 7.52. The number of nitrogens with zero attached hydrogens (tertiary/aromatic N) is 1. The van der Waals surface area contributed by atoms with Crippen LogP contribution in [-0.4, -0.2) is 38.3 Å². The van der Waals surface area contributed by atoms with Crippen LogP contribution in [0.1, 0.15) is 43.0 Å². The maximum Gasteiger partial charge on any atom is 0.331 e. The van der Waals surface area contributed by atoms with E-state index in [0.29, 0.717) is 22.4 Å². The van der Waals surface area contributed by atoms with Crippen molar-refractivity contribution in [2.24, 2.45) is 0 Å². The molecule has 9 heteroatoms. The van der Waals surface area contributed by atoms with E-state index in [9.17, 15) is 23.7 Å². The summed E-state index contributed by atoms with van der Waals surface area (Å²) in [4.78, 5) is 26.0. The van der Waals surface area contributed by atoms with E-state index in [1.807, 2.05) is 51.1 Å². The summed E-state index contributed by atoms with van der Waals surface area (Å²) in [7, 11) is -4.33. The van der Waals surface area contributed by atoms with Gasteiger partial charge in [-0.2, -0.15) is 0 Å². The number of carboxylic acid groups (broad SMARTS) is 1. The van der Waals surface area contributed by atoms with Crippen LogP contribution in [0.4, 0.5) is 4.39 Å². The molecule has 0 radical (unpaired) electrons. The molecule has 35 heavy (non-hydrogen) atoms. The molecule has 3 N–H and O–H groups in total. The van der Waals surface area contributed by atoms with Crippen molar-refractivity contribution in [2.45, 2.75) is 45.8 Å². The minimum absolute atomic E-state index is 0.0773. The van der Waals surface area contributed by atoms with Gasteiger partial charge in [0.05, 0.1) is 31.0 Å². The van der Waals surface area contributed by atoms with Crippen molar-refractivity contribution in [3.05, 3.63) is 77.2 Å². The third kappa shape index (κ3) is 6.83. The second-order valence-electron chi connectivity index (χ2n) is 8.70. The number of rotatable bonds is 10. The molecule has 1 heterocycles. The van der Waals surface area contributed by atoms with Gasteiger partial charge in [-0.3, -0.25) is 14.3 Å². The van der Waals surface area contributed by atoms with E-state index < -0.39 is 38.1 Å². The number of aliphatic carboxylic acids is 1. The fraction of sp³-hybridized carbons (Fsp3) is 0.308. The number of aromatic nitrogens is 1. The van der Waals surface area contributed by atoms with Crippen molar-refractivity contribution in [2.75, 3.05) is 6.16 Å². The van der Waals surface area contributed by atoms with Gasteiger partial charge in [0.15, 0.2) is 0 Å². The first-order chi connectivity index (χ1) is 16.5. The van der Waals surface area contributed by atoms with E-state index in [-0.39, 0.29) is 12.5 Å². The van der Waals surface area contributed by atoms with Gasteiger partial charge in [0.25, 0.3) is 0 Å². The molecule has 0 saturated heterocycles. The summed E-state index contributed by atoms with van der Waals surface area (Å²) >= 11 is 0. The number of carbonyl (C=O) groups is 1. The van der Waals surface area contributed by atoms with Gasteiger partial charge in [-0.1, -0.05) is 56.3 Å². The lowest BCUT2D eigenvalue weighted by Gasteiger charge is -2.23. The van der Waals surface area contributed by atoms with Crippen LogP contribution in [0.25, 0.3) is 22.4 Å². The Labute approximate surface area is 203 Å². The normalized spacial score (nSPS) is 14.0. The molecular weight excluding hydrogens is 472 g/mol. The molecule has 0 spiro atoms. The molecule has 1 aromatic heterocycles. The summed E-state index contributed by atoms with van der Waals surface area (Å²) in [5.74, 6) is -1.75. The molecule has 0 bridgehead atoms. The molecule has 186 valence electrons. The zero-order valence-corrected chi connectivity index (χ0v) is 20.7. The number of aliphatic hydroxyl groups is 1. The summed E-state index contributed by atoms with van der Waals surface area (Å²) in [6, 6.07) is 15.6. The highest BCUT2D eigenvalue weighted by Crippen LogP contribution is 2.46. The van der Waals surface area contributed by atoms with Crippen molar-refractivity contribution in [3.63, 3.8) is 0 Å². The molecule has 2 aromatic carbocycles. The van der Waals surface area contributed by atoms with E-state index in [1.165, 1.54) is 12.1 Å². The topological polar surface area (TPSA) is 117 Å². The van der Waals surface area contributed by atoms with E-state index in [0.717, 1.165) is 16.8 Å². The molecule has 0 saturated carbocycles. The zero-order chi connectivity index (χ0) is 25.8. The molecule has 2 atom stereocenters. The lowest BCUT2D eigenvalue weighted by atomic mass is 9.89. The zero-order valence-electron chi connectivity index (χ0n) is 19.8. The van der Waals surface area contributed by atoms with Gasteiger partial charge in [-0.25, -0.2) is 4.39 Å². The predicted molar refractivity (Wildman–Crippen MR) is 132 cm³/mol. The summed E-state index contributed by atoms with van der Waals surface area (Å²) in [6.45, 7) is 5.48. The number of aliphatic hydroxyl groups excluding tert-OH is 1. The fourth-order valence-corrected chi connectivity index (χ4v) is 5.10. The van der Waals surface area contributed by atoms with Crippen LogP contribution >= 0.6 is 7.60 Å². The van der Waals surface area contributed by atoms with Crippen molar-refractivity contribution >= 4 is 13.6 Å². The van der Waals surface area contributed by atoms with Crippen LogP contribution in [0.5, 0.6) is 0 Å². The quantitative estimate of drug-likeness (QED) is 0.313. The predicted octanol–water partition coefficient (Wildman–Crippen LogP) is 5.52. The molecule has 0 fully saturated rings. The van der Waals surface area contributed by atoms with Crippen LogP contribution in [0.2, 0.25) is 0 Å². The van der Waals surface area contributed by atoms with Gasteiger partial charge in [0.1, 0.15) is 5.82 Å². The summed E-state index contributed by atoms with van der Waals surface area (Å²) < 4.78 is 31.7. The number of hydrogen-bond acceptors (Lipinski definition) is 5. The first-order valence-corrected chi connectivity index (χ1v) is 13.0. The molecule has 3 aromatic rings. The smallest absolute Gasteiger partial charge is 0.331 e. The van der Waals surface area contributed by atoms with Gasteiger partial charge >= 0.3 is 13.6 Å². The van der Waals surface area contributed by atoms with Crippen molar-refractivity contribution < 1.29 is 33.4 Å². The second kappa shape index (κ2) is 11.2. The van der Waals surface area contributed by atoms with Gasteiger partial charge < -0.3 is 19.6 Å². The maximum absolute atomic E-state index is 13.7. The Balaban J connectivity index is 2.12. The summed E-state index contributed by atoms with van der Waals surface area (Å²) in [5, 5.41) is 18.6. The Morgan fingerprint density at radius 2 is 1.71 bits per heavy atom. The number of benzene rings is 2. The van der Waals surface area contributed by atoms with E-state index in [4.69, 9.17) is 14.6 Å². The van der Waals surface area contributed by atoms with Gasteiger partial charge in [0, 0.05) is 16.8 Å². The first kappa shape index (κ1) is 26.7. The van der Waals surface area contributed by atoms with Gasteiger partial charge in [-0.15, -0.1) is 0 Å². The monoisotopic (exact) mass is 501 g/mol. The number of halogens is 1. The van der Waals surface area contributed by atoms with E-state index in [2.05, 4.69) is 0 Å². The largest absolute Gasteiger partial charge is 0.481 e. The molecule has 0 aliphatic heterocycles. The third-order valence-corrected chi connectivity index (χ3v) is 6.98. The fourth-order valence-electron chi connectivity index (χ4n) is 4.00. The third-order valence-electron chi connectivity index (χ3n) is 5.56. The highest BCUT2D eigenvalue weighted by atomic mass is 31.2. The molecule has 3 rings (SSSR count). The number of hydrogen-bond donors (Lipinski definition) is 3. The Hall–Kier alpha value is -2.90. The first-order valence-electron chi connectivity index (χ1n) is 11.2. The van der Waals surface area contributed by atoms with Crippen LogP contribution < -0.4 is 0 Å². The Kier molecular flexibility index (Phi) is 8.56. The van der Waals surface area contributed by atoms with Crippen LogP contribution in [-0.2, 0) is 20.5 Å². The standard InChI is InChI=1S/C26H29FNO6P/c1-16(2)25-22(14-34-35(32,33)15-21(29)13-23(30)31)24(18-9-11-20(27)12-10-18)17(3)26(28-25)19-7-5-4-6-8-19/h4-12,16,21,29H,13-15H2,1-3H3,(H,30,31)(H,32,33)/t21-/m0/s1. The molecular formula is C26H29FNO6P. The minimum Gasteiger partial charge on any atom is -0.481 e. The minimum atomic E-state index is -4.33. The van der Waals surface area contributed by atoms with Crippen molar-refractivity contribution in [3.8, 4) is 22.4 Å². The maximum atomic E-state index is 13.7. The second-order valence-corrected chi connectivity index (χ2v) is 10.6.